The molecule has 0 spiro atoms. The highest BCUT2D eigenvalue weighted by Gasteiger charge is 2.01. The van der Waals surface area contributed by atoms with Crippen LogP contribution in [0.2, 0.25) is 0 Å². The number of imidazole rings is 1. The van der Waals surface area contributed by atoms with Crippen LogP contribution in [-0.2, 0) is 0 Å². The summed E-state index contributed by atoms with van der Waals surface area (Å²) in [4.78, 5) is 14.6. The number of carbonyl (C=O) groups is 1. The number of hydrogen-bond acceptors (Lipinski definition) is 3. The third-order valence-corrected chi connectivity index (χ3v) is 1.86. The van der Waals surface area contributed by atoms with Gasteiger partial charge < -0.3 is 4.74 Å². The lowest BCUT2D eigenvalue weighted by molar-refractivity contribution is 0.111. The van der Waals surface area contributed by atoms with Gasteiger partial charge in [0.2, 0.25) is 0 Å². The zero-order valence-electron chi connectivity index (χ0n) is 7.10. The van der Waals surface area contributed by atoms with Crippen LogP contribution in [0.5, 0.6) is 5.75 Å². The van der Waals surface area contributed by atoms with Crippen molar-refractivity contribution in [2.75, 3.05) is 7.11 Å². The Hall–Kier alpha value is -1.84. The minimum atomic E-state index is 0.522. The Morgan fingerprint density at radius 3 is 3.08 bits per heavy atom. The second kappa shape index (κ2) is 2.90. The molecule has 0 aromatic carbocycles. The van der Waals surface area contributed by atoms with Gasteiger partial charge in [0.25, 0.3) is 0 Å². The number of methoxy groups -OCH3 is 1. The van der Waals surface area contributed by atoms with E-state index in [2.05, 4.69) is 4.98 Å². The van der Waals surface area contributed by atoms with E-state index in [1.807, 2.05) is 0 Å². The fraction of sp³-hybridized carbons (Fsp3) is 0.111. The van der Waals surface area contributed by atoms with Crippen molar-refractivity contribution in [1.82, 2.24) is 9.38 Å². The zero-order valence-corrected chi connectivity index (χ0v) is 7.10. The van der Waals surface area contributed by atoms with Crippen molar-refractivity contribution in [2.24, 2.45) is 0 Å². The molecule has 66 valence electrons. The average Bonchev–Trinajstić information content (AvgIpc) is 2.59. The largest absolute Gasteiger partial charge is 0.495 e. The van der Waals surface area contributed by atoms with Crippen LogP contribution in [0.1, 0.15) is 10.5 Å². The Morgan fingerprint density at radius 1 is 1.54 bits per heavy atom. The van der Waals surface area contributed by atoms with E-state index >= 15 is 0 Å². The van der Waals surface area contributed by atoms with E-state index in [0.29, 0.717) is 11.4 Å². The third kappa shape index (κ3) is 1.16. The number of ether oxygens (including phenoxy) is 1. The van der Waals surface area contributed by atoms with Crippen LogP contribution in [0.15, 0.2) is 24.5 Å². The highest BCUT2D eigenvalue weighted by atomic mass is 16.5. The standard InChI is InChI=1S/C9H8N2O2/c1-13-8-2-3-9-10-4-7(6-12)11(9)5-8/h2-6H,1H3. The molecule has 2 heterocycles. The van der Waals surface area contributed by atoms with Crippen molar-refractivity contribution in [3.05, 3.63) is 30.2 Å². The summed E-state index contributed by atoms with van der Waals surface area (Å²) in [6.07, 6.45) is 4.02. The molecule has 0 aliphatic heterocycles. The molecule has 0 bridgehead atoms. The number of pyridine rings is 1. The van der Waals surface area contributed by atoms with Crippen LogP contribution >= 0.6 is 0 Å². The van der Waals surface area contributed by atoms with Crippen LogP contribution in [0.3, 0.4) is 0 Å². The number of carbonyl (C=O) groups excluding carboxylic acids is 1. The van der Waals surface area contributed by atoms with Gasteiger partial charge in [-0.15, -0.1) is 0 Å². The molecule has 13 heavy (non-hydrogen) atoms. The van der Waals surface area contributed by atoms with Gasteiger partial charge in [-0.1, -0.05) is 0 Å². The van der Waals surface area contributed by atoms with Gasteiger partial charge in [0.05, 0.1) is 19.5 Å². The summed E-state index contributed by atoms with van der Waals surface area (Å²) in [7, 11) is 1.58. The minimum absolute atomic E-state index is 0.522. The average molecular weight is 176 g/mol. The maximum Gasteiger partial charge on any atom is 0.168 e. The molecular weight excluding hydrogens is 168 g/mol. The van der Waals surface area contributed by atoms with Gasteiger partial charge >= 0.3 is 0 Å². The number of rotatable bonds is 2. The molecule has 0 radical (unpaired) electrons. The molecule has 2 rings (SSSR count). The number of aromatic nitrogens is 2. The molecule has 0 saturated carbocycles. The second-order valence-electron chi connectivity index (χ2n) is 2.60. The van der Waals surface area contributed by atoms with E-state index in [-0.39, 0.29) is 0 Å². The van der Waals surface area contributed by atoms with Crippen LogP contribution in [0.4, 0.5) is 0 Å². The smallest absolute Gasteiger partial charge is 0.168 e. The molecule has 2 aromatic rings. The van der Waals surface area contributed by atoms with Gasteiger partial charge in [0, 0.05) is 0 Å². The first-order valence-electron chi connectivity index (χ1n) is 3.81. The van der Waals surface area contributed by atoms with Gasteiger partial charge in [-0.05, 0) is 12.1 Å². The summed E-state index contributed by atoms with van der Waals surface area (Å²) in [6.45, 7) is 0. The van der Waals surface area contributed by atoms with Gasteiger partial charge in [-0.3, -0.25) is 9.20 Å². The summed E-state index contributed by atoms with van der Waals surface area (Å²) < 4.78 is 6.71. The number of aldehydes is 1. The van der Waals surface area contributed by atoms with E-state index in [1.54, 1.807) is 29.8 Å². The number of nitrogens with zero attached hydrogens (tertiary/aromatic N) is 2. The van der Waals surface area contributed by atoms with Gasteiger partial charge in [-0.2, -0.15) is 0 Å². The zero-order chi connectivity index (χ0) is 9.26. The predicted octanol–water partition coefficient (Wildman–Crippen LogP) is 1.16. The van der Waals surface area contributed by atoms with E-state index in [1.165, 1.54) is 6.20 Å². The van der Waals surface area contributed by atoms with Gasteiger partial charge in [0.1, 0.15) is 17.1 Å². The van der Waals surface area contributed by atoms with Crippen LogP contribution in [0, 0.1) is 0 Å². The van der Waals surface area contributed by atoms with Crippen LogP contribution < -0.4 is 4.74 Å². The Balaban J connectivity index is 2.71. The Morgan fingerprint density at radius 2 is 2.38 bits per heavy atom. The molecule has 0 N–H and O–H groups in total. The first-order chi connectivity index (χ1) is 6.35. The third-order valence-electron chi connectivity index (χ3n) is 1.86. The number of fused-ring (bicyclic) bond motifs is 1. The lowest BCUT2D eigenvalue weighted by Gasteiger charge is -2.00. The molecule has 0 unspecified atom stereocenters. The first kappa shape index (κ1) is 7.79. The lowest BCUT2D eigenvalue weighted by atomic mass is 10.4. The Labute approximate surface area is 74.8 Å². The fourth-order valence-electron chi connectivity index (χ4n) is 1.19. The monoisotopic (exact) mass is 176 g/mol. The predicted molar refractivity (Wildman–Crippen MR) is 47.1 cm³/mol. The quantitative estimate of drug-likeness (QED) is 0.645. The normalized spacial score (nSPS) is 10.2. The molecule has 4 nitrogen and oxygen atoms in total. The van der Waals surface area contributed by atoms with Crippen molar-refractivity contribution >= 4 is 11.9 Å². The maximum absolute atomic E-state index is 10.6. The molecule has 0 aliphatic carbocycles. The first-order valence-corrected chi connectivity index (χ1v) is 3.81. The summed E-state index contributed by atoms with van der Waals surface area (Å²) >= 11 is 0. The minimum Gasteiger partial charge on any atom is -0.495 e. The molecule has 0 amide bonds. The van der Waals surface area contributed by atoms with Crippen molar-refractivity contribution in [1.29, 1.82) is 0 Å². The summed E-state index contributed by atoms with van der Waals surface area (Å²) in [5.74, 6) is 0.702. The molecule has 4 heteroatoms. The van der Waals surface area contributed by atoms with Crippen LogP contribution in [-0.4, -0.2) is 22.8 Å². The Bertz CT molecular complexity index is 448. The SMILES string of the molecule is COc1ccc2ncc(C=O)n2c1. The van der Waals surface area contributed by atoms with E-state index in [4.69, 9.17) is 4.74 Å². The lowest BCUT2D eigenvalue weighted by Crippen LogP contribution is -1.92. The van der Waals surface area contributed by atoms with Gasteiger partial charge in [-0.25, -0.2) is 4.98 Å². The molecule has 0 saturated heterocycles. The Kier molecular flexibility index (Phi) is 1.73. The van der Waals surface area contributed by atoms with Crippen molar-refractivity contribution in [3.63, 3.8) is 0 Å². The summed E-state index contributed by atoms with van der Waals surface area (Å²) in [5, 5.41) is 0. The van der Waals surface area contributed by atoms with E-state index in [9.17, 15) is 4.79 Å². The molecule has 0 fully saturated rings. The van der Waals surface area contributed by atoms with Crippen LogP contribution in [0.25, 0.3) is 5.65 Å². The summed E-state index contributed by atoms with van der Waals surface area (Å²) in [6, 6.07) is 3.60. The van der Waals surface area contributed by atoms with E-state index < -0.39 is 0 Å². The van der Waals surface area contributed by atoms with Gasteiger partial charge in [0.15, 0.2) is 6.29 Å². The second-order valence-corrected chi connectivity index (χ2v) is 2.60. The topological polar surface area (TPSA) is 43.6 Å². The highest BCUT2D eigenvalue weighted by Crippen LogP contribution is 2.13. The molecule has 0 aliphatic rings. The van der Waals surface area contributed by atoms with Crippen molar-refractivity contribution in [3.8, 4) is 5.75 Å². The van der Waals surface area contributed by atoms with Crippen molar-refractivity contribution in [2.45, 2.75) is 0 Å². The molecule has 2 aromatic heterocycles. The maximum atomic E-state index is 10.6. The number of hydrogen-bond donors (Lipinski definition) is 0. The molecule has 0 atom stereocenters. The van der Waals surface area contributed by atoms with E-state index in [0.717, 1.165) is 11.9 Å². The van der Waals surface area contributed by atoms with Crippen molar-refractivity contribution < 1.29 is 9.53 Å². The molecular formula is C9H8N2O2. The highest BCUT2D eigenvalue weighted by molar-refractivity contribution is 5.74. The fourth-order valence-corrected chi connectivity index (χ4v) is 1.19. The summed E-state index contributed by atoms with van der Waals surface area (Å²) in [5.41, 5.74) is 1.26.